The van der Waals surface area contributed by atoms with Crippen molar-refractivity contribution in [1.29, 1.82) is 0 Å². The number of carbonyl (C=O) groups excluding carboxylic acids is 1. The summed E-state index contributed by atoms with van der Waals surface area (Å²) >= 11 is 8.89. The van der Waals surface area contributed by atoms with Gasteiger partial charge in [-0.05, 0) is 56.2 Å². The number of fused-ring (bicyclic) bond motifs is 3. The van der Waals surface area contributed by atoms with E-state index in [1.807, 2.05) is 29.6 Å². The van der Waals surface area contributed by atoms with Gasteiger partial charge in [-0.1, -0.05) is 47.1 Å². The molecule has 0 saturated heterocycles. The number of aryl methyl sites for hydroxylation is 3. The van der Waals surface area contributed by atoms with E-state index in [1.165, 1.54) is 45.2 Å². The van der Waals surface area contributed by atoms with Crippen molar-refractivity contribution in [3.05, 3.63) is 69.6 Å². The highest BCUT2D eigenvalue weighted by atomic mass is 35.5. The summed E-state index contributed by atoms with van der Waals surface area (Å²) in [5.74, 6) is 0.508. The number of thiazole rings is 1. The van der Waals surface area contributed by atoms with Crippen LogP contribution in [0.4, 0.5) is 5.13 Å². The molecule has 6 nitrogen and oxygen atoms in total. The van der Waals surface area contributed by atoms with Gasteiger partial charge in [-0.25, -0.2) is 4.98 Å². The average molecular weight is 508 g/mol. The van der Waals surface area contributed by atoms with Crippen LogP contribution in [0.3, 0.4) is 0 Å². The summed E-state index contributed by atoms with van der Waals surface area (Å²) in [5.41, 5.74) is 7.31. The van der Waals surface area contributed by atoms with E-state index in [1.54, 1.807) is 0 Å². The second kappa shape index (κ2) is 9.37. The fourth-order valence-corrected chi connectivity index (χ4v) is 5.75. The highest BCUT2D eigenvalue weighted by Crippen LogP contribution is 2.30. The van der Waals surface area contributed by atoms with Crippen molar-refractivity contribution < 1.29 is 4.79 Å². The highest BCUT2D eigenvalue weighted by Gasteiger charge is 2.15. The van der Waals surface area contributed by atoms with Gasteiger partial charge in [0.2, 0.25) is 5.91 Å². The molecule has 2 aromatic carbocycles. The second-order valence-corrected chi connectivity index (χ2v) is 10.5. The largest absolute Gasteiger partial charge is 0.302 e. The topological polar surface area (TPSA) is 72.2 Å². The lowest BCUT2D eigenvalue weighted by Gasteiger charge is -2.11. The number of benzene rings is 2. The van der Waals surface area contributed by atoms with Gasteiger partial charge in [-0.3, -0.25) is 9.20 Å². The number of aromatic nitrogens is 4. The predicted molar refractivity (Wildman–Crippen MR) is 141 cm³/mol. The van der Waals surface area contributed by atoms with E-state index in [9.17, 15) is 4.79 Å². The first-order valence-electron chi connectivity index (χ1n) is 10.8. The molecule has 0 saturated carbocycles. The first-order valence-corrected chi connectivity index (χ1v) is 13.0. The standard InChI is InChI=1S/C25H22ClN5OS2/c1-14-10-16(3)23-19(11-14)15(2)12-21-29-30-25(31(21)23)33-9-8-22(32)28-24-27-20(13-34-24)17-4-6-18(26)7-5-17/h4-7,10-13H,8-9H2,1-3H3,(H,27,28,32). The van der Waals surface area contributed by atoms with Crippen LogP contribution in [-0.2, 0) is 4.79 Å². The third-order valence-electron chi connectivity index (χ3n) is 5.55. The van der Waals surface area contributed by atoms with Crippen LogP contribution in [0.15, 0.2) is 53.0 Å². The van der Waals surface area contributed by atoms with E-state index < -0.39 is 0 Å². The van der Waals surface area contributed by atoms with E-state index in [-0.39, 0.29) is 5.91 Å². The maximum absolute atomic E-state index is 12.5. The SMILES string of the molecule is Cc1cc(C)c2c(c1)c(C)cc1nnc(SCCC(=O)Nc3nc(-c4ccc(Cl)cc4)cs3)n12. The number of nitrogens with one attached hydrogen (secondary N) is 1. The average Bonchev–Trinajstić information content (AvgIpc) is 3.41. The summed E-state index contributed by atoms with van der Waals surface area (Å²) in [7, 11) is 0. The number of amides is 1. The predicted octanol–water partition coefficient (Wildman–Crippen LogP) is 6.71. The Kier molecular flexibility index (Phi) is 6.29. The van der Waals surface area contributed by atoms with Crippen molar-refractivity contribution in [2.45, 2.75) is 32.3 Å². The van der Waals surface area contributed by atoms with Gasteiger partial charge in [0.25, 0.3) is 0 Å². The zero-order chi connectivity index (χ0) is 23.8. The molecule has 1 amide bonds. The molecule has 3 aromatic heterocycles. The highest BCUT2D eigenvalue weighted by molar-refractivity contribution is 7.99. The molecule has 0 bridgehead atoms. The summed E-state index contributed by atoms with van der Waals surface area (Å²) in [4.78, 5) is 17.0. The van der Waals surface area contributed by atoms with Gasteiger partial charge >= 0.3 is 0 Å². The molecule has 3 heterocycles. The molecule has 172 valence electrons. The number of hydrogen-bond donors (Lipinski definition) is 1. The van der Waals surface area contributed by atoms with Crippen LogP contribution in [0.1, 0.15) is 23.1 Å². The number of carbonyl (C=O) groups is 1. The molecule has 0 atom stereocenters. The number of hydrogen-bond acceptors (Lipinski definition) is 6. The number of rotatable bonds is 6. The molecule has 5 aromatic rings. The van der Waals surface area contributed by atoms with E-state index in [2.05, 4.69) is 63.9 Å². The van der Waals surface area contributed by atoms with Gasteiger partial charge < -0.3 is 5.32 Å². The molecule has 9 heteroatoms. The summed E-state index contributed by atoms with van der Waals surface area (Å²) in [6.07, 6.45) is 0.345. The van der Waals surface area contributed by atoms with Crippen LogP contribution in [0.2, 0.25) is 5.02 Å². The van der Waals surface area contributed by atoms with Crippen molar-refractivity contribution in [2.75, 3.05) is 11.1 Å². The minimum absolute atomic E-state index is 0.0779. The molecule has 0 spiro atoms. The smallest absolute Gasteiger partial charge is 0.226 e. The normalized spacial score (nSPS) is 11.4. The fourth-order valence-electron chi connectivity index (χ4n) is 4.01. The Morgan fingerprint density at radius 3 is 2.68 bits per heavy atom. The molecule has 0 fully saturated rings. The summed E-state index contributed by atoms with van der Waals surface area (Å²) in [6, 6.07) is 13.9. The van der Waals surface area contributed by atoms with Crippen molar-refractivity contribution in [1.82, 2.24) is 19.6 Å². The number of halogens is 1. The summed E-state index contributed by atoms with van der Waals surface area (Å²) in [5, 5.41) is 16.8. The maximum atomic E-state index is 12.5. The van der Waals surface area contributed by atoms with Gasteiger partial charge in [0.1, 0.15) is 0 Å². The first-order chi connectivity index (χ1) is 16.4. The van der Waals surface area contributed by atoms with E-state index in [4.69, 9.17) is 11.6 Å². The molecular formula is C25H22ClN5OS2. The van der Waals surface area contributed by atoms with E-state index >= 15 is 0 Å². The Morgan fingerprint density at radius 2 is 1.88 bits per heavy atom. The third-order valence-corrected chi connectivity index (χ3v) is 7.49. The molecule has 5 rings (SSSR count). The molecule has 0 aliphatic heterocycles. The van der Waals surface area contributed by atoms with Crippen molar-refractivity contribution in [3.8, 4) is 11.3 Å². The van der Waals surface area contributed by atoms with Crippen LogP contribution in [-0.4, -0.2) is 31.2 Å². The zero-order valence-corrected chi connectivity index (χ0v) is 21.3. The second-order valence-electron chi connectivity index (χ2n) is 8.17. The van der Waals surface area contributed by atoms with E-state index in [0.29, 0.717) is 22.3 Å². The molecular weight excluding hydrogens is 486 g/mol. The Labute approximate surface area is 210 Å². The molecule has 0 aliphatic rings. The quantitative estimate of drug-likeness (QED) is 0.259. The number of pyridine rings is 1. The van der Waals surface area contributed by atoms with Crippen molar-refractivity contribution >= 4 is 62.3 Å². The molecule has 34 heavy (non-hydrogen) atoms. The summed E-state index contributed by atoms with van der Waals surface area (Å²) in [6.45, 7) is 6.32. The van der Waals surface area contributed by atoms with Gasteiger partial charge in [0, 0.05) is 33.5 Å². The molecule has 0 unspecified atom stereocenters. The van der Waals surface area contributed by atoms with Crippen molar-refractivity contribution in [3.63, 3.8) is 0 Å². The molecule has 0 aliphatic carbocycles. The van der Waals surface area contributed by atoms with Gasteiger partial charge in [0.05, 0.1) is 11.2 Å². The van der Waals surface area contributed by atoms with E-state index in [0.717, 1.165) is 27.6 Å². The monoisotopic (exact) mass is 507 g/mol. The lowest BCUT2D eigenvalue weighted by Crippen LogP contribution is -2.12. The minimum Gasteiger partial charge on any atom is -0.302 e. The molecule has 0 radical (unpaired) electrons. The van der Waals surface area contributed by atoms with Crippen molar-refractivity contribution in [2.24, 2.45) is 0 Å². The van der Waals surface area contributed by atoms with Crippen LogP contribution in [0, 0.1) is 20.8 Å². The van der Waals surface area contributed by atoms with Gasteiger partial charge in [0.15, 0.2) is 15.9 Å². The molecule has 1 N–H and O–H groups in total. The number of anilines is 1. The maximum Gasteiger partial charge on any atom is 0.226 e. The lowest BCUT2D eigenvalue weighted by atomic mass is 10.0. The fraction of sp³-hybridized carbons (Fsp3) is 0.200. The van der Waals surface area contributed by atoms with Crippen LogP contribution in [0.25, 0.3) is 27.8 Å². The Bertz CT molecular complexity index is 1520. The van der Waals surface area contributed by atoms with Gasteiger partial charge in [-0.2, -0.15) is 0 Å². The first kappa shape index (κ1) is 22.8. The third kappa shape index (κ3) is 4.53. The lowest BCUT2D eigenvalue weighted by molar-refractivity contribution is -0.115. The van der Waals surface area contributed by atoms with Gasteiger partial charge in [-0.15, -0.1) is 21.5 Å². The van der Waals surface area contributed by atoms with Crippen LogP contribution < -0.4 is 5.32 Å². The minimum atomic E-state index is -0.0779. The number of thioether (sulfide) groups is 1. The number of nitrogens with zero attached hydrogens (tertiary/aromatic N) is 4. The summed E-state index contributed by atoms with van der Waals surface area (Å²) < 4.78 is 2.10. The Morgan fingerprint density at radius 1 is 1.09 bits per heavy atom. The van der Waals surface area contributed by atoms with Crippen LogP contribution in [0.5, 0.6) is 0 Å². The Balaban J connectivity index is 1.27. The Hall–Kier alpha value is -2.94. The van der Waals surface area contributed by atoms with Crippen LogP contribution >= 0.6 is 34.7 Å². The zero-order valence-electron chi connectivity index (χ0n) is 18.9.